The highest BCUT2D eigenvalue weighted by Crippen LogP contribution is 2.60. The Kier molecular flexibility index (Phi) is 5.28. The van der Waals surface area contributed by atoms with E-state index in [-0.39, 0.29) is 29.2 Å². The SMILES string of the molecule is CC(C)(C)[Si](c1ccccc1)(c1ccccc1)N1Cc2c(c3c4c5c2c2ccccc2n5[C@H]2CCC(O2)[C@@H]4c2ccccc2-3)C1=O. The van der Waals surface area contributed by atoms with Crippen LogP contribution >= 0.6 is 0 Å². The third-order valence-electron chi connectivity index (χ3n) is 11.5. The Labute approximate surface area is 270 Å². The van der Waals surface area contributed by atoms with Gasteiger partial charge in [0, 0.05) is 28.8 Å². The van der Waals surface area contributed by atoms with Crippen molar-refractivity contribution < 1.29 is 9.53 Å². The maximum absolute atomic E-state index is 15.7. The summed E-state index contributed by atoms with van der Waals surface area (Å²) in [6, 6.07) is 39.5. The fourth-order valence-corrected chi connectivity index (χ4v) is 15.7. The Morgan fingerprint density at radius 1 is 0.761 bits per heavy atom. The number of hydrogen-bond donors (Lipinski definition) is 0. The van der Waals surface area contributed by atoms with Gasteiger partial charge in [-0.25, -0.2) is 0 Å². The molecule has 2 bridgehead atoms. The standard InChI is InChI=1S/C41H36N2O2Si/c1-41(2,3)46(25-14-6-4-7-15-25,26-16-8-5-9-17-26)42-24-30-34-29-20-12-13-21-31(29)43-33-23-22-32(45-33)35-27-18-10-11-19-28(27)36(37(30)40(42)44)38(35)39(34)43/h4-21,32-33,35H,22-24H2,1-3H3/t32?,33-,35+/m1/s1. The molecule has 0 saturated carbocycles. The van der Waals surface area contributed by atoms with Crippen molar-refractivity contribution in [2.24, 2.45) is 0 Å². The fourth-order valence-electron chi connectivity index (χ4n) is 10.00. The van der Waals surface area contributed by atoms with Crippen LogP contribution in [0.25, 0.3) is 32.9 Å². The van der Waals surface area contributed by atoms with E-state index in [1.54, 1.807) is 0 Å². The maximum atomic E-state index is 15.7. The first kappa shape index (κ1) is 26.7. The van der Waals surface area contributed by atoms with Gasteiger partial charge in [-0.05, 0) is 56.6 Å². The molecule has 1 unspecified atom stereocenters. The van der Waals surface area contributed by atoms with Crippen LogP contribution in [-0.4, -0.2) is 29.4 Å². The molecule has 1 fully saturated rings. The van der Waals surface area contributed by atoms with E-state index in [1.807, 2.05) is 0 Å². The lowest BCUT2D eigenvalue weighted by atomic mass is 9.86. The second-order valence-electron chi connectivity index (χ2n) is 14.6. The summed E-state index contributed by atoms with van der Waals surface area (Å²) < 4.78 is 11.8. The number of benzene rings is 5. The molecule has 4 nitrogen and oxygen atoms in total. The number of rotatable bonds is 3. The number of hydrogen-bond acceptors (Lipinski definition) is 2. The van der Waals surface area contributed by atoms with Crippen LogP contribution in [-0.2, 0) is 11.3 Å². The predicted molar refractivity (Wildman–Crippen MR) is 187 cm³/mol. The third kappa shape index (κ3) is 3.11. The molecule has 1 aromatic heterocycles. The van der Waals surface area contributed by atoms with Crippen molar-refractivity contribution in [3.63, 3.8) is 0 Å². The number of fused-ring (bicyclic) bond motifs is 13. The summed E-state index contributed by atoms with van der Waals surface area (Å²) in [5, 5.41) is 4.85. The minimum absolute atomic E-state index is 0.0113. The van der Waals surface area contributed by atoms with E-state index in [0.717, 1.165) is 24.0 Å². The van der Waals surface area contributed by atoms with E-state index in [1.165, 1.54) is 54.4 Å². The van der Waals surface area contributed by atoms with Crippen LogP contribution in [0.15, 0.2) is 109 Å². The zero-order chi connectivity index (χ0) is 30.9. The predicted octanol–water partition coefficient (Wildman–Crippen LogP) is 8.11. The quantitative estimate of drug-likeness (QED) is 0.188. The lowest BCUT2D eigenvalue weighted by Gasteiger charge is -2.49. The molecule has 3 atom stereocenters. The minimum Gasteiger partial charge on any atom is -0.354 e. The van der Waals surface area contributed by atoms with Gasteiger partial charge < -0.3 is 13.9 Å². The van der Waals surface area contributed by atoms with Gasteiger partial charge in [-0.3, -0.25) is 4.79 Å². The van der Waals surface area contributed by atoms with Gasteiger partial charge in [0.25, 0.3) is 0 Å². The summed E-state index contributed by atoms with van der Waals surface area (Å²) in [5.41, 5.74) is 9.62. The van der Waals surface area contributed by atoms with Crippen LogP contribution in [0.4, 0.5) is 0 Å². The first-order chi connectivity index (χ1) is 22.4. The minimum atomic E-state index is -2.92. The smallest absolute Gasteiger partial charge is 0.247 e. The number of para-hydroxylation sites is 1. The van der Waals surface area contributed by atoms with Gasteiger partial charge in [-0.1, -0.05) is 124 Å². The zero-order valence-electron chi connectivity index (χ0n) is 26.5. The molecule has 46 heavy (non-hydrogen) atoms. The Balaban J connectivity index is 1.36. The fraction of sp³-hybridized carbons (Fsp3) is 0.244. The van der Waals surface area contributed by atoms with Gasteiger partial charge in [0.1, 0.15) is 6.23 Å². The van der Waals surface area contributed by atoms with E-state index in [0.29, 0.717) is 6.54 Å². The average molecular weight is 617 g/mol. The van der Waals surface area contributed by atoms with Crippen LogP contribution in [0, 0.1) is 0 Å². The van der Waals surface area contributed by atoms with Gasteiger partial charge in [0.2, 0.25) is 14.1 Å². The van der Waals surface area contributed by atoms with Crippen LogP contribution in [0.1, 0.15) is 72.8 Å². The Morgan fingerprint density at radius 3 is 2.13 bits per heavy atom. The Bertz CT molecular complexity index is 2210. The third-order valence-corrected chi connectivity index (χ3v) is 17.2. The van der Waals surface area contributed by atoms with E-state index in [2.05, 4.69) is 139 Å². The lowest BCUT2D eigenvalue weighted by Crippen LogP contribution is -2.74. The molecule has 3 aliphatic heterocycles. The van der Waals surface area contributed by atoms with Gasteiger partial charge in [0.15, 0.2) is 0 Å². The normalized spacial score (nSPS) is 21.2. The van der Waals surface area contributed by atoms with Gasteiger partial charge in [-0.2, -0.15) is 0 Å². The zero-order valence-corrected chi connectivity index (χ0v) is 27.5. The molecule has 0 radical (unpaired) electrons. The molecule has 226 valence electrons. The van der Waals surface area contributed by atoms with E-state index < -0.39 is 8.24 Å². The molecule has 0 spiro atoms. The monoisotopic (exact) mass is 616 g/mol. The van der Waals surface area contributed by atoms with Crippen LogP contribution in [0.2, 0.25) is 5.04 Å². The molecule has 4 heterocycles. The topological polar surface area (TPSA) is 34.5 Å². The second kappa shape index (κ2) is 9.08. The number of aromatic nitrogens is 1. The van der Waals surface area contributed by atoms with E-state index in [9.17, 15) is 0 Å². The van der Waals surface area contributed by atoms with Crippen molar-refractivity contribution in [3.05, 3.63) is 131 Å². The molecule has 1 aliphatic carbocycles. The summed E-state index contributed by atoms with van der Waals surface area (Å²) in [4.78, 5) is 15.7. The van der Waals surface area contributed by atoms with Crippen LogP contribution in [0.5, 0.6) is 0 Å². The van der Waals surface area contributed by atoms with E-state index in [4.69, 9.17) is 4.74 Å². The van der Waals surface area contributed by atoms with Crippen molar-refractivity contribution in [2.45, 2.75) is 63.4 Å². The molecular weight excluding hydrogens is 581 g/mol. The molecule has 6 aromatic rings. The first-order valence-electron chi connectivity index (χ1n) is 16.7. The van der Waals surface area contributed by atoms with Crippen LogP contribution in [0.3, 0.4) is 0 Å². The maximum Gasteiger partial charge on any atom is 0.247 e. The van der Waals surface area contributed by atoms with Crippen molar-refractivity contribution in [2.75, 3.05) is 0 Å². The molecule has 1 amide bonds. The Morgan fingerprint density at radius 2 is 1.41 bits per heavy atom. The molecular formula is C41H36N2O2Si. The largest absolute Gasteiger partial charge is 0.354 e. The number of ether oxygens (including phenoxy) is 1. The average Bonchev–Trinajstić information content (AvgIpc) is 3.81. The summed E-state index contributed by atoms with van der Waals surface area (Å²) in [6.07, 6.45) is 2.15. The lowest BCUT2D eigenvalue weighted by molar-refractivity contribution is 0.00493. The first-order valence-corrected chi connectivity index (χ1v) is 18.6. The number of nitrogens with zero attached hydrogens (tertiary/aromatic N) is 2. The summed E-state index contributed by atoms with van der Waals surface area (Å²) in [7, 11) is -2.92. The number of carbonyl (C=O) groups is 1. The molecule has 10 rings (SSSR count). The highest BCUT2D eigenvalue weighted by Gasteiger charge is 2.58. The summed E-state index contributed by atoms with van der Waals surface area (Å²) in [5.74, 6) is 0.310. The van der Waals surface area contributed by atoms with Crippen molar-refractivity contribution in [3.8, 4) is 11.1 Å². The Hall–Kier alpha value is -4.45. The number of carbonyl (C=O) groups excluding carboxylic acids is 1. The summed E-state index contributed by atoms with van der Waals surface area (Å²) in [6.45, 7) is 7.64. The highest BCUT2D eigenvalue weighted by molar-refractivity contribution is 7.03. The van der Waals surface area contributed by atoms with Crippen molar-refractivity contribution in [1.82, 2.24) is 9.13 Å². The molecule has 5 aromatic carbocycles. The summed E-state index contributed by atoms with van der Waals surface area (Å²) >= 11 is 0. The molecule has 5 heteroatoms. The van der Waals surface area contributed by atoms with Crippen molar-refractivity contribution >= 4 is 46.3 Å². The molecule has 4 aliphatic rings. The van der Waals surface area contributed by atoms with Gasteiger partial charge >= 0.3 is 0 Å². The highest BCUT2D eigenvalue weighted by atomic mass is 28.3. The number of amides is 1. The molecule has 0 N–H and O–H groups in total. The van der Waals surface area contributed by atoms with Crippen LogP contribution < -0.4 is 10.4 Å². The second-order valence-corrected chi connectivity index (χ2v) is 19.2. The van der Waals surface area contributed by atoms with Gasteiger partial charge in [0.05, 0.1) is 22.7 Å². The molecule has 1 saturated heterocycles. The van der Waals surface area contributed by atoms with Gasteiger partial charge in [-0.15, -0.1) is 0 Å². The van der Waals surface area contributed by atoms with E-state index >= 15 is 4.79 Å². The van der Waals surface area contributed by atoms with Crippen molar-refractivity contribution in [1.29, 1.82) is 0 Å².